The second kappa shape index (κ2) is 10.8. The molecule has 0 radical (unpaired) electrons. The predicted octanol–water partition coefficient (Wildman–Crippen LogP) is 2.89. The molecule has 0 atom stereocenters. The van der Waals surface area contributed by atoms with E-state index in [0.29, 0.717) is 11.3 Å². The van der Waals surface area contributed by atoms with Crippen LogP contribution in [0.5, 0.6) is 17.2 Å². The van der Waals surface area contributed by atoms with Crippen molar-refractivity contribution in [1.29, 1.82) is 5.26 Å². The van der Waals surface area contributed by atoms with Gasteiger partial charge in [-0.3, -0.25) is 0 Å². The second-order valence-corrected chi connectivity index (χ2v) is 10.1. The summed E-state index contributed by atoms with van der Waals surface area (Å²) in [6, 6.07) is 15.8. The monoisotopic (exact) mass is 539 g/mol. The zero-order chi connectivity index (χ0) is 27.4. The predicted molar refractivity (Wildman–Crippen MR) is 134 cm³/mol. The summed E-state index contributed by atoms with van der Waals surface area (Å²) < 4.78 is 48.8. The molecule has 0 aliphatic rings. The van der Waals surface area contributed by atoms with Gasteiger partial charge < -0.3 is 14.9 Å². The molecule has 13 heteroatoms. The second-order valence-electron chi connectivity index (χ2n) is 8.10. The summed E-state index contributed by atoms with van der Waals surface area (Å²) in [4.78, 5) is 11.9. The minimum Gasteiger partial charge on any atom is -0.507 e. The molecule has 1 aromatic heterocycles. The van der Waals surface area contributed by atoms with E-state index in [1.54, 1.807) is 24.3 Å². The van der Waals surface area contributed by atoms with Crippen LogP contribution < -0.4 is 10.4 Å². The van der Waals surface area contributed by atoms with Gasteiger partial charge in [-0.2, -0.15) is 14.7 Å². The van der Waals surface area contributed by atoms with Gasteiger partial charge >= 0.3 is 5.69 Å². The number of ether oxygens (including phenoxy) is 1. The maximum Gasteiger partial charge on any atom is 0.348 e. The third-order valence-electron chi connectivity index (χ3n) is 5.61. The van der Waals surface area contributed by atoms with Crippen molar-refractivity contribution >= 4 is 10.0 Å². The standard InChI is InChI=1S/C25H22FN5O6S/c1-30(15-16-7-2-5-10-22(16)37-12-6-11-27)38(35,36)23-13-17(20(32)14-21(23)33)24-28-29-25(34)31(24)19-9-4-3-8-18(19)26/h2-5,7-10,13-14,32-33H,6,12,15H2,1H3,(H,29,34). The van der Waals surface area contributed by atoms with Crippen LogP contribution in [-0.2, 0) is 16.6 Å². The van der Waals surface area contributed by atoms with Crippen molar-refractivity contribution in [3.63, 3.8) is 0 Å². The molecule has 0 fully saturated rings. The summed E-state index contributed by atoms with van der Waals surface area (Å²) >= 11 is 0. The topological polar surface area (TPSA) is 162 Å². The highest BCUT2D eigenvalue weighted by molar-refractivity contribution is 7.89. The Labute approximate surface area is 216 Å². The summed E-state index contributed by atoms with van der Waals surface area (Å²) in [5, 5.41) is 35.7. The number of aromatic nitrogens is 3. The number of sulfonamides is 1. The highest BCUT2D eigenvalue weighted by atomic mass is 32.2. The molecular formula is C25H22FN5O6S. The summed E-state index contributed by atoms with van der Waals surface area (Å²) in [6.45, 7) is -0.0253. The molecule has 0 saturated heterocycles. The van der Waals surface area contributed by atoms with Crippen molar-refractivity contribution in [2.75, 3.05) is 13.7 Å². The number of aromatic amines is 1. The molecule has 196 valence electrons. The lowest BCUT2D eigenvalue weighted by molar-refractivity contribution is 0.319. The van der Waals surface area contributed by atoms with Crippen molar-refractivity contribution in [3.8, 4) is 40.4 Å². The number of aromatic hydroxyl groups is 2. The Bertz CT molecular complexity index is 1690. The van der Waals surface area contributed by atoms with Gasteiger partial charge in [0.1, 0.15) is 34.6 Å². The van der Waals surface area contributed by atoms with E-state index in [2.05, 4.69) is 10.2 Å². The highest BCUT2D eigenvalue weighted by Crippen LogP contribution is 2.38. The number of benzene rings is 3. The molecule has 0 bridgehead atoms. The average Bonchev–Trinajstić information content (AvgIpc) is 3.26. The van der Waals surface area contributed by atoms with Crippen LogP contribution >= 0.6 is 0 Å². The quantitative estimate of drug-likeness (QED) is 0.274. The molecule has 4 rings (SSSR count). The van der Waals surface area contributed by atoms with Gasteiger partial charge in [0.25, 0.3) is 0 Å². The van der Waals surface area contributed by atoms with E-state index >= 15 is 0 Å². The molecular weight excluding hydrogens is 517 g/mol. The fraction of sp³-hybridized carbons (Fsp3) is 0.160. The van der Waals surface area contributed by atoms with Crippen LogP contribution in [0.1, 0.15) is 12.0 Å². The molecule has 1 heterocycles. The number of nitriles is 1. The minimum absolute atomic E-state index is 0.124. The lowest BCUT2D eigenvalue weighted by Crippen LogP contribution is -2.27. The average molecular weight is 540 g/mol. The van der Waals surface area contributed by atoms with Gasteiger partial charge in [-0.05, 0) is 24.3 Å². The third-order valence-corrected chi connectivity index (χ3v) is 7.44. The maximum atomic E-state index is 14.5. The lowest BCUT2D eigenvalue weighted by Gasteiger charge is -2.20. The van der Waals surface area contributed by atoms with Crippen LogP contribution in [0.15, 0.2) is 70.4 Å². The molecule has 0 unspecified atom stereocenters. The number of phenolic OH excluding ortho intramolecular Hbond substituents is 2. The number of nitrogens with zero attached hydrogens (tertiary/aromatic N) is 4. The van der Waals surface area contributed by atoms with E-state index in [4.69, 9.17) is 10.00 Å². The summed E-state index contributed by atoms with van der Waals surface area (Å²) in [5.74, 6) is -1.96. The Morgan fingerprint density at radius 2 is 1.84 bits per heavy atom. The third kappa shape index (κ3) is 5.08. The Morgan fingerprint density at radius 3 is 2.58 bits per heavy atom. The fourth-order valence-electron chi connectivity index (χ4n) is 3.75. The SMILES string of the molecule is CN(Cc1ccccc1OCCC#N)S(=O)(=O)c1cc(-c2n[nH]c(=O)n2-c2ccccc2F)c(O)cc1O. The zero-order valence-corrected chi connectivity index (χ0v) is 20.8. The van der Waals surface area contributed by atoms with E-state index in [0.717, 1.165) is 27.1 Å². The number of hydrogen-bond acceptors (Lipinski definition) is 8. The smallest absolute Gasteiger partial charge is 0.348 e. The lowest BCUT2D eigenvalue weighted by atomic mass is 10.1. The number of phenols is 2. The van der Waals surface area contributed by atoms with Gasteiger partial charge in [-0.15, -0.1) is 0 Å². The Kier molecular flexibility index (Phi) is 7.47. The van der Waals surface area contributed by atoms with Gasteiger partial charge in [-0.1, -0.05) is 30.3 Å². The largest absolute Gasteiger partial charge is 0.507 e. The first-order chi connectivity index (χ1) is 18.1. The minimum atomic E-state index is -4.37. The van der Waals surface area contributed by atoms with E-state index in [9.17, 15) is 27.8 Å². The first-order valence-corrected chi connectivity index (χ1v) is 12.6. The fourth-order valence-corrected chi connectivity index (χ4v) is 4.99. The van der Waals surface area contributed by atoms with Gasteiger partial charge in [0.2, 0.25) is 10.0 Å². The molecule has 0 amide bonds. The van der Waals surface area contributed by atoms with Crippen molar-refractivity contribution in [1.82, 2.24) is 19.1 Å². The van der Waals surface area contributed by atoms with Crippen molar-refractivity contribution in [2.45, 2.75) is 17.9 Å². The Hall–Kier alpha value is -4.67. The molecule has 0 aliphatic carbocycles. The summed E-state index contributed by atoms with van der Waals surface area (Å²) in [7, 11) is -3.08. The Balaban J connectivity index is 1.74. The number of H-pyrrole nitrogens is 1. The first-order valence-electron chi connectivity index (χ1n) is 11.2. The van der Waals surface area contributed by atoms with Crippen LogP contribution in [0, 0.1) is 17.1 Å². The van der Waals surface area contributed by atoms with Gasteiger partial charge in [0.05, 0.1) is 23.7 Å². The number of rotatable bonds is 9. The molecule has 3 aromatic carbocycles. The molecule has 0 saturated carbocycles. The molecule has 11 nitrogen and oxygen atoms in total. The highest BCUT2D eigenvalue weighted by Gasteiger charge is 2.29. The van der Waals surface area contributed by atoms with E-state index in [-0.39, 0.29) is 36.6 Å². The molecule has 3 N–H and O–H groups in total. The summed E-state index contributed by atoms with van der Waals surface area (Å²) in [6.07, 6.45) is 0.151. The molecule has 38 heavy (non-hydrogen) atoms. The van der Waals surface area contributed by atoms with Crippen LogP contribution in [0.4, 0.5) is 4.39 Å². The van der Waals surface area contributed by atoms with Crippen molar-refractivity contribution < 1.29 is 27.8 Å². The number of nitrogens with one attached hydrogen (secondary N) is 1. The summed E-state index contributed by atoms with van der Waals surface area (Å²) in [5.41, 5.74) is -0.734. The first kappa shape index (κ1) is 26.4. The maximum absolute atomic E-state index is 14.5. The van der Waals surface area contributed by atoms with E-state index in [1.807, 2.05) is 6.07 Å². The van der Waals surface area contributed by atoms with Crippen LogP contribution in [0.25, 0.3) is 17.1 Å². The zero-order valence-electron chi connectivity index (χ0n) is 20.0. The van der Waals surface area contributed by atoms with Gasteiger partial charge in [0, 0.05) is 25.2 Å². The molecule has 0 spiro atoms. The van der Waals surface area contributed by atoms with Crippen LogP contribution in [-0.4, -0.2) is 51.4 Å². The molecule has 0 aliphatic heterocycles. The van der Waals surface area contributed by atoms with Crippen LogP contribution in [0.2, 0.25) is 0 Å². The van der Waals surface area contributed by atoms with Gasteiger partial charge in [0.15, 0.2) is 5.82 Å². The number of halogens is 1. The number of para-hydroxylation sites is 2. The van der Waals surface area contributed by atoms with E-state index < -0.39 is 37.9 Å². The van der Waals surface area contributed by atoms with E-state index in [1.165, 1.54) is 25.2 Å². The Morgan fingerprint density at radius 1 is 1.13 bits per heavy atom. The van der Waals surface area contributed by atoms with Crippen LogP contribution in [0.3, 0.4) is 0 Å². The van der Waals surface area contributed by atoms with Gasteiger partial charge in [-0.25, -0.2) is 27.3 Å². The normalized spacial score (nSPS) is 11.4. The molecule has 4 aromatic rings. The van der Waals surface area contributed by atoms with Crippen molar-refractivity contribution in [2.24, 2.45) is 0 Å². The number of hydrogen-bond donors (Lipinski definition) is 3. The van der Waals surface area contributed by atoms with Crippen molar-refractivity contribution in [3.05, 3.63) is 82.5 Å².